The molecule has 0 fully saturated rings. The van der Waals surface area contributed by atoms with Gasteiger partial charge in [0.25, 0.3) is 0 Å². The van der Waals surface area contributed by atoms with Gasteiger partial charge in [-0.2, -0.15) is 0 Å². The zero-order valence-electron chi connectivity index (χ0n) is 24.7. The van der Waals surface area contributed by atoms with Gasteiger partial charge in [0, 0.05) is 51.4 Å². The molecule has 0 saturated carbocycles. The molecule has 210 valence electrons. The number of hydrogen-bond donors (Lipinski definition) is 0. The highest BCUT2D eigenvalue weighted by molar-refractivity contribution is 6.26. The minimum Gasteiger partial charge on any atom is -0.308 e. The molecule has 5 aromatic carbocycles. The first-order valence-corrected chi connectivity index (χ1v) is 16.0. The van der Waals surface area contributed by atoms with E-state index in [1.807, 2.05) is 12.3 Å². The number of benzene rings is 5. The number of aliphatic imine (C=N–C) groups is 1. The van der Waals surface area contributed by atoms with Gasteiger partial charge in [0.15, 0.2) is 0 Å². The second-order valence-corrected chi connectivity index (χ2v) is 12.7. The van der Waals surface area contributed by atoms with Crippen LogP contribution in [0.15, 0.2) is 114 Å². The Balaban J connectivity index is 1.37. The van der Waals surface area contributed by atoms with Gasteiger partial charge in [-0.1, -0.05) is 85.8 Å². The Kier molecular flexibility index (Phi) is 4.99. The normalized spacial score (nSPS) is 19.5. The van der Waals surface area contributed by atoms with Crippen LogP contribution in [0.4, 0.5) is 0 Å². The number of aryl methyl sites for hydroxylation is 1. The summed E-state index contributed by atoms with van der Waals surface area (Å²) in [4.78, 5) is 10.4. The van der Waals surface area contributed by atoms with Crippen LogP contribution in [-0.4, -0.2) is 21.6 Å². The fraction of sp³-hybridized carbons (Fsp3) is 0.171. The number of fused-ring (bicyclic) bond motifs is 13. The molecule has 3 nitrogen and oxygen atoms in total. The van der Waals surface area contributed by atoms with Gasteiger partial charge < -0.3 is 4.40 Å². The number of pyridine rings is 1. The lowest BCUT2D eigenvalue weighted by atomic mass is 9.74. The summed E-state index contributed by atoms with van der Waals surface area (Å²) >= 11 is 0. The molecule has 2 aliphatic rings. The zero-order chi connectivity index (χ0) is 28.9. The predicted octanol–water partition coefficient (Wildman–Crippen LogP) is 10.1. The fourth-order valence-electron chi connectivity index (χ4n) is 8.90. The molecule has 3 aromatic heterocycles. The maximum absolute atomic E-state index is 5.41. The average Bonchev–Trinajstić information content (AvgIpc) is 3.54. The summed E-state index contributed by atoms with van der Waals surface area (Å²) in [6, 6.07) is 38.5. The molecule has 0 N–H and O–H groups in total. The maximum atomic E-state index is 5.41. The van der Waals surface area contributed by atoms with E-state index in [0.717, 1.165) is 19.3 Å². The van der Waals surface area contributed by atoms with E-state index in [1.165, 1.54) is 82.4 Å². The van der Waals surface area contributed by atoms with Crippen molar-refractivity contribution in [3.8, 4) is 11.1 Å². The van der Waals surface area contributed by atoms with Crippen LogP contribution in [0.5, 0.6) is 0 Å². The quantitative estimate of drug-likeness (QED) is 0.205. The van der Waals surface area contributed by atoms with Gasteiger partial charge >= 0.3 is 0 Å². The number of aromatic nitrogens is 2. The van der Waals surface area contributed by atoms with Gasteiger partial charge in [-0.05, 0) is 76.6 Å². The van der Waals surface area contributed by atoms with Crippen molar-refractivity contribution in [2.24, 2.45) is 4.99 Å². The lowest BCUT2D eigenvalue weighted by Gasteiger charge is -2.34. The summed E-state index contributed by atoms with van der Waals surface area (Å²) in [5.41, 5.74) is 12.0. The first-order chi connectivity index (χ1) is 21.8. The Labute approximate surface area is 255 Å². The Morgan fingerprint density at radius 3 is 2.39 bits per heavy atom. The highest BCUT2D eigenvalue weighted by atomic mass is 14.9. The van der Waals surface area contributed by atoms with Crippen LogP contribution in [0.3, 0.4) is 0 Å². The van der Waals surface area contributed by atoms with Crippen LogP contribution in [0, 0.1) is 0 Å². The first-order valence-electron chi connectivity index (χ1n) is 16.0. The van der Waals surface area contributed by atoms with Crippen molar-refractivity contribution in [1.82, 2.24) is 9.38 Å². The van der Waals surface area contributed by atoms with Gasteiger partial charge in [0.2, 0.25) is 0 Å². The molecule has 0 radical (unpaired) electrons. The van der Waals surface area contributed by atoms with Crippen molar-refractivity contribution >= 4 is 55.1 Å². The average molecular weight is 566 g/mol. The zero-order valence-corrected chi connectivity index (χ0v) is 24.7. The topological polar surface area (TPSA) is 29.7 Å². The predicted molar refractivity (Wildman–Crippen MR) is 184 cm³/mol. The van der Waals surface area contributed by atoms with Crippen molar-refractivity contribution in [1.29, 1.82) is 0 Å². The third-order valence-corrected chi connectivity index (χ3v) is 10.7. The van der Waals surface area contributed by atoms with E-state index >= 15 is 0 Å². The van der Waals surface area contributed by atoms with Crippen LogP contribution in [0.25, 0.3) is 60.0 Å². The maximum Gasteiger partial charge on any atom is 0.0652 e. The van der Waals surface area contributed by atoms with E-state index < -0.39 is 0 Å². The lowest BCUT2D eigenvalue weighted by Crippen LogP contribution is -2.29. The third-order valence-electron chi connectivity index (χ3n) is 10.7. The smallest absolute Gasteiger partial charge is 0.0652 e. The van der Waals surface area contributed by atoms with Gasteiger partial charge in [-0.3, -0.25) is 9.98 Å². The molecular weight excluding hydrogens is 534 g/mol. The fourth-order valence-corrected chi connectivity index (χ4v) is 8.90. The van der Waals surface area contributed by atoms with Gasteiger partial charge in [0.1, 0.15) is 0 Å². The molecule has 0 saturated heterocycles. The molecule has 0 spiro atoms. The number of para-hydroxylation sites is 2. The van der Waals surface area contributed by atoms with E-state index in [-0.39, 0.29) is 17.9 Å². The van der Waals surface area contributed by atoms with Crippen LogP contribution >= 0.6 is 0 Å². The minimum atomic E-state index is 0.126. The number of nitrogens with zero attached hydrogens (tertiary/aromatic N) is 3. The van der Waals surface area contributed by atoms with E-state index in [2.05, 4.69) is 115 Å². The van der Waals surface area contributed by atoms with Crippen molar-refractivity contribution in [3.63, 3.8) is 0 Å². The Bertz CT molecular complexity index is 2460. The number of hydrogen-bond acceptors (Lipinski definition) is 2. The summed E-state index contributed by atoms with van der Waals surface area (Å²) in [6.07, 6.45) is 7.16. The Morgan fingerprint density at radius 1 is 0.750 bits per heavy atom. The molecule has 1 aliphatic carbocycles. The molecule has 44 heavy (non-hydrogen) atoms. The van der Waals surface area contributed by atoms with Gasteiger partial charge in [-0.25, -0.2) is 0 Å². The molecule has 3 atom stereocenters. The van der Waals surface area contributed by atoms with E-state index in [1.54, 1.807) is 0 Å². The highest BCUT2D eigenvalue weighted by Gasteiger charge is 2.39. The van der Waals surface area contributed by atoms with E-state index in [9.17, 15) is 0 Å². The van der Waals surface area contributed by atoms with E-state index in [0.29, 0.717) is 0 Å². The molecule has 8 aromatic rings. The summed E-state index contributed by atoms with van der Waals surface area (Å²) in [5, 5.41) is 8.12. The summed E-state index contributed by atoms with van der Waals surface area (Å²) in [5.74, 6) is 0.530. The lowest BCUT2D eigenvalue weighted by molar-refractivity contribution is 0.417. The highest BCUT2D eigenvalue weighted by Crippen LogP contribution is 2.53. The standard InChI is InChI=1S/C41H31N3/c1-2-26-39-25(11-9-21-42-39)23-43-40(26)32-20-19-28-27-12-4-3-10-24(27)17-18-29(28)33-22-34-30-13-5-7-15-35(30)44-36-16-8-6-14-31(36)38(37(32)33)41(34)44/h3-18,21-23,26,32,40H,2,19-20H2,1H3/t26?,32?,40-/m1/s1. The van der Waals surface area contributed by atoms with Crippen LogP contribution in [-0.2, 0) is 6.42 Å². The third kappa shape index (κ3) is 3.11. The van der Waals surface area contributed by atoms with Crippen molar-refractivity contribution < 1.29 is 0 Å². The van der Waals surface area contributed by atoms with Crippen LogP contribution < -0.4 is 0 Å². The molecule has 0 bridgehead atoms. The van der Waals surface area contributed by atoms with Crippen molar-refractivity contribution in [2.45, 2.75) is 44.1 Å². The molecule has 3 heteroatoms. The largest absolute Gasteiger partial charge is 0.308 e. The number of rotatable bonds is 2. The summed E-state index contributed by atoms with van der Waals surface area (Å²) in [7, 11) is 0. The Morgan fingerprint density at radius 2 is 1.52 bits per heavy atom. The SMILES string of the molecule is CCC1c2ncccc2C=N[C@H]1C1CCc2c(ccc3ccccc23)-c2cc3c4ccccc4n4c5ccccc5c(c21)c34. The monoisotopic (exact) mass is 565 g/mol. The summed E-state index contributed by atoms with van der Waals surface area (Å²) in [6.45, 7) is 2.31. The second-order valence-electron chi connectivity index (χ2n) is 12.7. The molecule has 0 amide bonds. The van der Waals surface area contributed by atoms with Gasteiger partial charge in [-0.15, -0.1) is 0 Å². The Hall–Kier alpha value is -5.02. The van der Waals surface area contributed by atoms with Gasteiger partial charge in [0.05, 0.1) is 28.3 Å². The van der Waals surface area contributed by atoms with Crippen LogP contribution in [0.1, 0.15) is 54.0 Å². The molecular formula is C41H31N3. The molecule has 1 aliphatic heterocycles. The van der Waals surface area contributed by atoms with E-state index in [4.69, 9.17) is 9.98 Å². The minimum absolute atomic E-state index is 0.126. The van der Waals surface area contributed by atoms with Crippen LogP contribution in [0.2, 0.25) is 0 Å². The first kappa shape index (κ1) is 24.4. The molecule has 2 unspecified atom stereocenters. The van der Waals surface area contributed by atoms with Crippen molar-refractivity contribution in [2.75, 3.05) is 0 Å². The second kappa shape index (κ2) is 9.00. The molecule has 10 rings (SSSR count). The summed E-state index contributed by atoms with van der Waals surface area (Å²) < 4.78 is 2.52. The van der Waals surface area contributed by atoms with Crippen molar-refractivity contribution in [3.05, 3.63) is 132 Å². The molecule has 4 heterocycles.